The lowest BCUT2D eigenvalue weighted by atomic mass is 9.97. The minimum Gasteiger partial charge on any atom is -0.355 e. The van der Waals surface area contributed by atoms with Crippen LogP contribution in [-0.4, -0.2) is 43.2 Å². The molecular formula is C25H29N3O3S2. The third-order valence-electron chi connectivity index (χ3n) is 6.19. The minimum atomic E-state index is -3.53. The van der Waals surface area contributed by atoms with Gasteiger partial charge in [0.2, 0.25) is 15.9 Å². The van der Waals surface area contributed by atoms with Gasteiger partial charge in [0.1, 0.15) is 5.01 Å². The number of carbonyl (C=O) groups excluding carboxylic acids is 1. The van der Waals surface area contributed by atoms with Crippen LogP contribution >= 0.6 is 11.3 Å². The molecule has 4 rings (SSSR count). The van der Waals surface area contributed by atoms with Crippen LogP contribution in [0.3, 0.4) is 0 Å². The van der Waals surface area contributed by atoms with Gasteiger partial charge in [0.05, 0.1) is 10.6 Å². The van der Waals surface area contributed by atoms with Gasteiger partial charge in [-0.1, -0.05) is 36.4 Å². The van der Waals surface area contributed by atoms with E-state index in [4.69, 9.17) is 0 Å². The zero-order chi connectivity index (χ0) is 23.4. The summed E-state index contributed by atoms with van der Waals surface area (Å²) in [7, 11) is -3.53. The van der Waals surface area contributed by atoms with Crippen molar-refractivity contribution in [3.05, 3.63) is 70.7 Å². The maximum Gasteiger partial charge on any atom is 0.243 e. The third kappa shape index (κ3) is 5.51. The molecule has 1 saturated heterocycles. The molecule has 0 unspecified atom stereocenters. The molecule has 6 nitrogen and oxygen atoms in total. The molecule has 2 heterocycles. The van der Waals surface area contributed by atoms with Crippen molar-refractivity contribution >= 4 is 27.3 Å². The van der Waals surface area contributed by atoms with Gasteiger partial charge in [0.15, 0.2) is 0 Å². The van der Waals surface area contributed by atoms with Gasteiger partial charge >= 0.3 is 0 Å². The van der Waals surface area contributed by atoms with Gasteiger partial charge in [-0.05, 0) is 49.9 Å². The number of carbonyl (C=O) groups is 1. The Hall–Kier alpha value is -2.55. The van der Waals surface area contributed by atoms with Crippen LogP contribution in [0.15, 0.2) is 58.8 Å². The number of aryl methyl sites for hydroxylation is 2. The second-order valence-electron chi connectivity index (χ2n) is 8.48. The zero-order valence-corrected chi connectivity index (χ0v) is 20.6. The second-order valence-corrected chi connectivity index (χ2v) is 11.3. The predicted octanol–water partition coefficient (Wildman–Crippen LogP) is 4.19. The smallest absolute Gasteiger partial charge is 0.243 e. The Morgan fingerprint density at radius 3 is 2.52 bits per heavy atom. The molecule has 0 aliphatic carbocycles. The molecule has 2 aromatic carbocycles. The first-order valence-electron chi connectivity index (χ1n) is 11.2. The fraction of sp³-hybridized carbons (Fsp3) is 0.360. The zero-order valence-electron chi connectivity index (χ0n) is 19.0. The molecule has 8 heteroatoms. The number of hydrogen-bond acceptors (Lipinski definition) is 5. The summed E-state index contributed by atoms with van der Waals surface area (Å²) in [5.74, 6) is -0.164. The Morgan fingerprint density at radius 2 is 1.82 bits per heavy atom. The van der Waals surface area contributed by atoms with E-state index in [0.29, 0.717) is 43.8 Å². The van der Waals surface area contributed by atoms with Gasteiger partial charge < -0.3 is 5.32 Å². The van der Waals surface area contributed by atoms with E-state index in [1.165, 1.54) is 4.31 Å². The maximum atomic E-state index is 13.0. The first-order chi connectivity index (χ1) is 15.8. The average Bonchev–Trinajstić information content (AvgIpc) is 3.30. The number of sulfonamides is 1. The van der Waals surface area contributed by atoms with Gasteiger partial charge in [-0.25, -0.2) is 13.4 Å². The lowest BCUT2D eigenvalue weighted by molar-refractivity contribution is -0.126. The predicted molar refractivity (Wildman–Crippen MR) is 132 cm³/mol. The van der Waals surface area contributed by atoms with Crippen molar-refractivity contribution in [2.75, 3.05) is 19.6 Å². The summed E-state index contributed by atoms with van der Waals surface area (Å²) in [6.45, 7) is 5.13. The topological polar surface area (TPSA) is 79.4 Å². The van der Waals surface area contributed by atoms with E-state index in [1.54, 1.807) is 23.5 Å². The molecule has 0 bridgehead atoms. The first-order valence-corrected chi connectivity index (χ1v) is 13.5. The van der Waals surface area contributed by atoms with Crippen molar-refractivity contribution in [3.8, 4) is 10.6 Å². The van der Waals surface area contributed by atoms with E-state index in [-0.39, 0.29) is 11.8 Å². The van der Waals surface area contributed by atoms with Crippen LogP contribution in [-0.2, 0) is 21.2 Å². The molecule has 1 aromatic heterocycles. The molecule has 3 aromatic rings. The Bertz CT molecular complexity index is 1210. The Kier molecular flexibility index (Phi) is 7.26. The molecule has 0 spiro atoms. The molecule has 174 valence electrons. The van der Waals surface area contributed by atoms with Crippen molar-refractivity contribution in [1.29, 1.82) is 0 Å². The van der Waals surface area contributed by atoms with Gasteiger partial charge in [-0.2, -0.15) is 4.31 Å². The highest BCUT2D eigenvalue weighted by molar-refractivity contribution is 7.89. The fourth-order valence-corrected chi connectivity index (χ4v) is 6.39. The highest BCUT2D eigenvalue weighted by Crippen LogP contribution is 2.26. The molecular weight excluding hydrogens is 454 g/mol. The van der Waals surface area contributed by atoms with Crippen molar-refractivity contribution < 1.29 is 13.2 Å². The van der Waals surface area contributed by atoms with Crippen LogP contribution < -0.4 is 5.32 Å². The number of nitrogens with zero attached hydrogens (tertiary/aromatic N) is 2. The number of aromatic nitrogens is 1. The van der Waals surface area contributed by atoms with Crippen molar-refractivity contribution in [1.82, 2.24) is 14.6 Å². The largest absolute Gasteiger partial charge is 0.355 e. The van der Waals surface area contributed by atoms with E-state index >= 15 is 0 Å². The molecule has 1 fully saturated rings. The van der Waals surface area contributed by atoms with Crippen molar-refractivity contribution in [2.24, 2.45) is 5.92 Å². The van der Waals surface area contributed by atoms with Gasteiger partial charge in [-0.15, -0.1) is 11.3 Å². The van der Waals surface area contributed by atoms with Crippen LogP contribution in [0.2, 0.25) is 0 Å². The van der Waals surface area contributed by atoms with E-state index in [1.807, 2.05) is 55.6 Å². The van der Waals surface area contributed by atoms with Crippen LogP contribution in [0, 0.1) is 19.8 Å². The minimum absolute atomic E-state index is 0.00302. The number of nitrogens with one attached hydrogen (secondary N) is 1. The second kappa shape index (κ2) is 10.2. The summed E-state index contributed by atoms with van der Waals surface area (Å²) >= 11 is 1.61. The van der Waals surface area contributed by atoms with Crippen molar-refractivity contribution in [3.63, 3.8) is 0 Å². The quantitative estimate of drug-likeness (QED) is 0.547. The van der Waals surface area contributed by atoms with E-state index < -0.39 is 10.0 Å². The van der Waals surface area contributed by atoms with E-state index in [2.05, 4.69) is 10.3 Å². The Balaban J connectivity index is 1.26. The van der Waals surface area contributed by atoms with Gasteiger partial charge in [-0.3, -0.25) is 4.79 Å². The number of piperidine rings is 1. The van der Waals surface area contributed by atoms with Crippen molar-refractivity contribution in [2.45, 2.75) is 38.0 Å². The van der Waals surface area contributed by atoms with Gasteiger partial charge in [0.25, 0.3) is 0 Å². The van der Waals surface area contributed by atoms with E-state index in [0.717, 1.165) is 27.4 Å². The lowest BCUT2D eigenvalue weighted by Gasteiger charge is -2.30. The molecule has 0 atom stereocenters. The van der Waals surface area contributed by atoms with Crippen LogP contribution in [0.5, 0.6) is 0 Å². The molecule has 1 amide bonds. The molecule has 1 N–H and O–H groups in total. The average molecular weight is 484 g/mol. The Labute approximate surface area is 199 Å². The van der Waals surface area contributed by atoms with E-state index in [9.17, 15) is 13.2 Å². The highest BCUT2D eigenvalue weighted by Gasteiger charge is 2.32. The monoisotopic (exact) mass is 483 g/mol. The summed E-state index contributed by atoms with van der Waals surface area (Å²) in [5, 5.41) is 6.02. The molecule has 0 saturated carbocycles. The third-order valence-corrected chi connectivity index (χ3v) is 9.03. The Morgan fingerprint density at radius 1 is 1.09 bits per heavy atom. The number of amides is 1. The molecule has 1 aliphatic rings. The summed E-state index contributed by atoms with van der Waals surface area (Å²) in [6, 6.07) is 15.3. The number of benzene rings is 2. The fourth-order valence-electron chi connectivity index (χ4n) is 3.98. The van der Waals surface area contributed by atoms with Crippen LogP contribution in [0.25, 0.3) is 10.6 Å². The van der Waals surface area contributed by atoms with Crippen LogP contribution in [0.1, 0.15) is 29.7 Å². The lowest BCUT2D eigenvalue weighted by Crippen LogP contribution is -2.43. The summed E-state index contributed by atoms with van der Waals surface area (Å²) in [4.78, 5) is 17.6. The number of thiazole rings is 1. The molecule has 1 aliphatic heterocycles. The standard InChI is InChI=1S/C25H29N3O3S2/c1-18-8-9-23(16-19(18)2)33(30,31)28-14-11-20(12-15-28)24(29)26-13-10-22-17-32-25(27-22)21-6-4-3-5-7-21/h3-9,16-17,20H,10-15H2,1-2H3,(H,26,29). The maximum absolute atomic E-state index is 13.0. The van der Waals surface area contributed by atoms with Gasteiger partial charge in [0, 0.05) is 42.9 Å². The first kappa shape index (κ1) is 23.6. The molecule has 33 heavy (non-hydrogen) atoms. The number of rotatable bonds is 7. The normalized spacial score (nSPS) is 15.5. The summed E-state index contributed by atoms with van der Waals surface area (Å²) in [6.07, 6.45) is 1.74. The molecule has 0 radical (unpaired) electrons. The number of hydrogen-bond donors (Lipinski definition) is 1. The SMILES string of the molecule is Cc1ccc(S(=O)(=O)N2CCC(C(=O)NCCc3csc(-c4ccccc4)n3)CC2)cc1C. The summed E-state index contributed by atoms with van der Waals surface area (Å²) in [5.41, 5.74) is 4.09. The summed E-state index contributed by atoms with van der Waals surface area (Å²) < 4.78 is 27.5. The highest BCUT2D eigenvalue weighted by atomic mass is 32.2. The van der Waals surface area contributed by atoms with Crippen LogP contribution in [0.4, 0.5) is 0 Å².